The van der Waals surface area contributed by atoms with Crippen molar-refractivity contribution in [1.82, 2.24) is 9.36 Å². The minimum atomic E-state index is -0.0909. The minimum absolute atomic E-state index is 0.0909. The van der Waals surface area contributed by atoms with E-state index in [0.29, 0.717) is 16.9 Å². The van der Waals surface area contributed by atoms with Crippen LogP contribution in [-0.4, -0.2) is 15.3 Å². The number of carbonyl (C=O) groups is 1. The summed E-state index contributed by atoms with van der Waals surface area (Å²) in [5.74, 6) is 2.03. The van der Waals surface area contributed by atoms with Crippen LogP contribution in [0.1, 0.15) is 31.5 Å². The van der Waals surface area contributed by atoms with Crippen LogP contribution >= 0.6 is 11.5 Å². The van der Waals surface area contributed by atoms with Crippen LogP contribution in [0.25, 0.3) is 0 Å². The molecule has 19 heavy (non-hydrogen) atoms. The van der Waals surface area contributed by atoms with Gasteiger partial charge in [0, 0.05) is 30.1 Å². The number of carbonyl (C=O) groups excluding carboxylic acids is 1. The number of anilines is 1. The Morgan fingerprint density at radius 2 is 2.11 bits per heavy atom. The van der Waals surface area contributed by atoms with Gasteiger partial charge in [0.05, 0.1) is 0 Å². The highest BCUT2D eigenvalue weighted by atomic mass is 32.1. The summed E-state index contributed by atoms with van der Waals surface area (Å²) in [5, 5.41) is 3.27. The Hall–Kier alpha value is -1.95. The zero-order valence-electron chi connectivity index (χ0n) is 10.4. The Balaban J connectivity index is 1.66. The van der Waals surface area contributed by atoms with Crippen LogP contribution in [0.15, 0.2) is 24.3 Å². The van der Waals surface area contributed by atoms with Crippen molar-refractivity contribution in [3.8, 4) is 10.9 Å². The number of aromatic nitrogens is 2. The normalized spacial score (nSPS) is 14.2. The SMILES string of the molecule is CC(=O)Nc1ccc(Oc2nc(C3CC3)ns2)cc1. The van der Waals surface area contributed by atoms with E-state index in [9.17, 15) is 4.79 Å². The van der Waals surface area contributed by atoms with Gasteiger partial charge in [-0.05, 0) is 37.1 Å². The molecule has 3 rings (SSSR count). The molecule has 1 fully saturated rings. The second kappa shape index (κ2) is 4.97. The van der Waals surface area contributed by atoms with Crippen LogP contribution in [0.5, 0.6) is 10.9 Å². The largest absolute Gasteiger partial charge is 0.430 e. The van der Waals surface area contributed by atoms with Crippen LogP contribution < -0.4 is 10.1 Å². The molecule has 6 heteroatoms. The summed E-state index contributed by atoms with van der Waals surface area (Å²) >= 11 is 1.27. The molecule has 1 heterocycles. The van der Waals surface area contributed by atoms with Crippen molar-refractivity contribution in [2.45, 2.75) is 25.7 Å². The average molecular weight is 275 g/mol. The number of rotatable bonds is 4. The fraction of sp³-hybridized carbons (Fsp3) is 0.308. The van der Waals surface area contributed by atoms with E-state index in [2.05, 4.69) is 14.7 Å². The fourth-order valence-electron chi connectivity index (χ4n) is 1.68. The fourth-order valence-corrected chi connectivity index (χ4v) is 2.31. The molecule has 1 aliphatic rings. The van der Waals surface area contributed by atoms with Crippen LogP contribution in [-0.2, 0) is 4.79 Å². The standard InChI is InChI=1S/C13H13N3O2S/c1-8(17)14-10-4-6-11(7-5-10)18-13-15-12(16-19-13)9-2-3-9/h4-7,9H,2-3H2,1H3,(H,14,17). The maximum Gasteiger partial charge on any atom is 0.298 e. The third-order valence-electron chi connectivity index (χ3n) is 2.75. The van der Waals surface area contributed by atoms with Gasteiger partial charge in [-0.25, -0.2) is 0 Å². The van der Waals surface area contributed by atoms with E-state index in [1.165, 1.54) is 31.3 Å². The summed E-state index contributed by atoms with van der Waals surface area (Å²) < 4.78 is 9.91. The molecule has 0 aliphatic heterocycles. The van der Waals surface area contributed by atoms with Crippen molar-refractivity contribution in [2.24, 2.45) is 0 Å². The first kappa shape index (κ1) is 12.1. The Labute approximate surface area is 114 Å². The third-order valence-corrected chi connectivity index (χ3v) is 3.35. The van der Waals surface area contributed by atoms with Gasteiger partial charge in [-0.3, -0.25) is 4.79 Å². The molecule has 2 aromatic rings. The van der Waals surface area contributed by atoms with Crippen molar-refractivity contribution in [3.05, 3.63) is 30.1 Å². The van der Waals surface area contributed by atoms with Gasteiger partial charge in [-0.2, -0.15) is 9.36 Å². The summed E-state index contributed by atoms with van der Waals surface area (Å²) in [7, 11) is 0. The molecule has 1 aromatic heterocycles. The molecule has 0 unspecified atom stereocenters. The molecular weight excluding hydrogens is 262 g/mol. The molecule has 0 radical (unpaired) electrons. The number of nitrogens with one attached hydrogen (secondary N) is 1. The van der Waals surface area contributed by atoms with E-state index in [-0.39, 0.29) is 5.91 Å². The number of amides is 1. The Kier molecular flexibility index (Phi) is 3.16. The number of benzene rings is 1. The molecule has 5 nitrogen and oxygen atoms in total. The molecule has 0 atom stereocenters. The van der Waals surface area contributed by atoms with E-state index < -0.39 is 0 Å². The smallest absolute Gasteiger partial charge is 0.298 e. The third kappa shape index (κ3) is 3.08. The van der Waals surface area contributed by atoms with Crippen molar-refractivity contribution in [2.75, 3.05) is 5.32 Å². The topological polar surface area (TPSA) is 64.1 Å². The molecular formula is C13H13N3O2S. The van der Waals surface area contributed by atoms with E-state index >= 15 is 0 Å². The number of nitrogens with zero attached hydrogens (tertiary/aromatic N) is 2. The molecule has 1 amide bonds. The molecule has 0 spiro atoms. The van der Waals surface area contributed by atoms with Crippen LogP contribution in [0, 0.1) is 0 Å². The summed E-state index contributed by atoms with van der Waals surface area (Å²) in [6.45, 7) is 1.48. The summed E-state index contributed by atoms with van der Waals surface area (Å²) in [6, 6.07) is 7.17. The Bertz CT molecular complexity index is 590. The maximum atomic E-state index is 10.9. The molecule has 1 aliphatic carbocycles. The Morgan fingerprint density at radius 1 is 1.37 bits per heavy atom. The quantitative estimate of drug-likeness (QED) is 0.930. The van der Waals surface area contributed by atoms with Gasteiger partial charge >= 0.3 is 0 Å². The second-order valence-corrected chi connectivity index (χ2v) is 5.21. The van der Waals surface area contributed by atoms with Crippen molar-refractivity contribution >= 4 is 23.1 Å². The number of hydrogen-bond acceptors (Lipinski definition) is 5. The van der Waals surface area contributed by atoms with E-state index in [1.54, 1.807) is 24.3 Å². The molecule has 1 aromatic carbocycles. The zero-order valence-corrected chi connectivity index (χ0v) is 11.2. The maximum absolute atomic E-state index is 10.9. The van der Waals surface area contributed by atoms with Gasteiger partial charge in [0.25, 0.3) is 5.19 Å². The van der Waals surface area contributed by atoms with Gasteiger partial charge in [-0.15, -0.1) is 0 Å². The van der Waals surface area contributed by atoms with Gasteiger partial charge in [0.1, 0.15) is 11.6 Å². The van der Waals surface area contributed by atoms with Crippen LogP contribution in [0.3, 0.4) is 0 Å². The summed E-state index contributed by atoms with van der Waals surface area (Å²) in [4.78, 5) is 15.3. The zero-order chi connectivity index (χ0) is 13.2. The highest BCUT2D eigenvalue weighted by Crippen LogP contribution is 2.40. The average Bonchev–Trinajstić information content (AvgIpc) is 3.12. The lowest BCUT2D eigenvalue weighted by Gasteiger charge is -2.04. The molecule has 1 N–H and O–H groups in total. The lowest BCUT2D eigenvalue weighted by Crippen LogP contribution is -2.05. The summed E-state index contributed by atoms with van der Waals surface area (Å²) in [5.41, 5.74) is 0.746. The minimum Gasteiger partial charge on any atom is -0.430 e. The monoisotopic (exact) mass is 275 g/mol. The number of hydrogen-bond donors (Lipinski definition) is 1. The van der Waals surface area contributed by atoms with E-state index in [1.807, 2.05) is 0 Å². The highest BCUT2D eigenvalue weighted by molar-refractivity contribution is 7.07. The predicted octanol–water partition coefficient (Wildman–Crippen LogP) is 3.17. The lowest BCUT2D eigenvalue weighted by atomic mass is 10.3. The first-order valence-electron chi connectivity index (χ1n) is 6.10. The lowest BCUT2D eigenvalue weighted by molar-refractivity contribution is -0.114. The first-order chi connectivity index (χ1) is 9.20. The second-order valence-electron chi connectivity index (χ2n) is 4.50. The Morgan fingerprint density at radius 3 is 2.74 bits per heavy atom. The summed E-state index contributed by atoms with van der Waals surface area (Å²) in [6.07, 6.45) is 2.36. The van der Waals surface area contributed by atoms with Crippen molar-refractivity contribution in [1.29, 1.82) is 0 Å². The van der Waals surface area contributed by atoms with E-state index in [4.69, 9.17) is 4.74 Å². The van der Waals surface area contributed by atoms with Gasteiger partial charge in [-0.1, -0.05) is 0 Å². The molecule has 0 saturated heterocycles. The van der Waals surface area contributed by atoms with Crippen molar-refractivity contribution < 1.29 is 9.53 Å². The van der Waals surface area contributed by atoms with Gasteiger partial charge in [0.2, 0.25) is 5.91 Å². The highest BCUT2D eigenvalue weighted by Gasteiger charge is 2.28. The predicted molar refractivity (Wildman–Crippen MR) is 72.7 cm³/mol. The molecule has 1 saturated carbocycles. The van der Waals surface area contributed by atoms with Crippen molar-refractivity contribution in [3.63, 3.8) is 0 Å². The van der Waals surface area contributed by atoms with Gasteiger partial charge < -0.3 is 10.1 Å². The molecule has 0 bridgehead atoms. The van der Waals surface area contributed by atoms with Gasteiger partial charge in [0.15, 0.2) is 0 Å². The number of ether oxygens (including phenoxy) is 1. The first-order valence-corrected chi connectivity index (χ1v) is 6.87. The van der Waals surface area contributed by atoms with Crippen LogP contribution in [0.2, 0.25) is 0 Å². The van der Waals surface area contributed by atoms with Crippen LogP contribution in [0.4, 0.5) is 5.69 Å². The molecule has 98 valence electrons. The van der Waals surface area contributed by atoms with E-state index in [0.717, 1.165) is 11.5 Å².